The van der Waals surface area contributed by atoms with Gasteiger partial charge in [-0.05, 0) is 6.42 Å². The van der Waals surface area contributed by atoms with Gasteiger partial charge >= 0.3 is 0 Å². The third-order valence-corrected chi connectivity index (χ3v) is 4.77. The summed E-state index contributed by atoms with van der Waals surface area (Å²) in [5.74, 6) is -0.0832. The van der Waals surface area contributed by atoms with E-state index in [1.54, 1.807) is 11.8 Å². The first-order valence-electron chi connectivity index (χ1n) is 4.50. The molecule has 0 fully saturated rings. The summed E-state index contributed by atoms with van der Waals surface area (Å²) in [6, 6.07) is 1.42. The lowest BCUT2D eigenvalue weighted by Gasteiger charge is -2.13. The minimum Gasteiger partial charge on any atom is -0.506 e. The van der Waals surface area contributed by atoms with Gasteiger partial charge in [0, 0.05) is 16.2 Å². The van der Waals surface area contributed by atoms with Crippen LogP contribution in [0.5, 0.6) is 5.75 Å². The first kappa shape index (κ1) is 13.3. The summed E-state index contributed by atoms with van der Waals surface area (Å²) >= 11 is 19.4. The van der Waals surface area contributed by atoms with Crippen LogP contribution in [0.3, 0.4) is 0 Å². The fraction of sp³-hybridized carbons (Fsp3) is 0.400. The zero-order chi connectivity index (χ0) is 11.6. The van der Waals surface area contributed by atoms with Gasteiger partial charge in [-0.15, -0.1) is 11.8 Å². The predicted molar refractivity (Wildman–Crippen MR) is 68.7 cm³/mol. The maximum absolute atomic E-state index is 9.39. The van der Waals surface area contributed by atoms with Crippen molar-refractivity contribution >= 4 is 46.6 Å². The van der Waals surface area contributed by atoms with Crippen LogP contribution >= 0.6 is 46.6 Å². The van der Waals surface area contributed by atoms with E-state index in [9.17, 15) is 5.11 Å². The van der Waals surface area contributed by atoms with Gasteiger partial charge in [0.05, 0.1) is 10.0 Å². The molecular formula is C10H11Cl3OS. The van der Waals surface area contributed by atoms with Crippen LogP contribution in [0.15, 0.2) is 11.0 Å². The third kappa shape index (κ3) is 3.10. The van der Waals surface area contributed by atoms with Gasteiger partial charge in [-0.2, -0.15) is 0 Å². The highest BCUT2D eigenvalue weighted by molar-refractivity contribution is 8.00. The van der Waals surface area contributed by atoms with E-state index >= 15 is 0 Å². The zero-order valence-electron chi connectivity index (χ0n) is 8.35. The lowest BCUT2D eigenvalue weighted by atomic mass is 10.3. The summed E-state index contributed by atoms with van der Waals surface area (Å²) in [4.78, 5) is 0.732. The van der Waals surface area contributed by atoms with Crippen LogP contribution in [0, 0.1) is 0 Å². The highest BCUT2D eigenvalue weighted by atomic mass is 35.5. The highest BCUT2D eigenvalue weighted by Crippen LogP contribution is 2.44. The monoisotopic (exact) mass is 284 g/mol. The molecule has 1 N–H and O–H groups in total. The molecule has 0 saturated heterocycles. The fourth-order valence-corrected chi connectivity index (χ4v) is 2.82. The average Bonchev–Trinajstić information content (AvgIpc) is 2.21. The number of phenolic OH excluding ortho intramolecular Hbond substituents is 1. The van der Waals surface area contributed by atoms with Gasteiger partial charge in [0.1, 0.15) is 10.8 Å². The maximum Gasteiger partial charge on any atom is 0.137 e. The van der Waals surface area contributed by atoms with E-state index in [1.807, 2.05) is 0 Å². The van der Waals surface area contributed by atoms with Crippen molar-refractivity contribution in [3.8, 4) is 5.75 Å². The molecule has 0 aliphatic carbocycles. The van der Waals surface area contributed by atoms with Gasteiger partial charge in [0.2, 0.25) is 0 Å². The zero-order valence-corrected chi connectivity index (χ0v) is 11.4. The van der Waals surface area contributed by atoms with E-state index in [2.05, 4.69) is 13.8 Å². The van der Waals surface area contributed by atoms with Crippen LogP contribution in [0.1, 0.15) is 20.3 Å². The Bertz CT molecular complexity index is 368. The summed E-state index contributed by atoms with van der Waals surface area (Å²) in [6.45, 7) is 4.17. The summed E-state index contributed by atoms with van der Waals surface area (Å²) < 4.78 is 0. The lowest BCUT2D eigenvalue weighted by Crippen LogP contribution is -1.93. The molecule has 1 aromatic rings. The van der Waals surface area contributed by atoms with Gasteiger partial charge in [-0.3, -0.25) is 0 Å². The second-order valence-electron chi connectivity index (χ2n) is 3.17. The molecule has 1 aromatic carbocycles. The summed E-state index contributed by atoms with van der Waals surface area (Å²) in [7, 11) is 0. The molecule has 15 heavy (non-hydrogen) atoms. The van der Waals surface area contributed by atoms with Crippen molar-refractivity contribution in [2.24, 2.45) is 0 Å². The molecule has 84 valence electrons. The van der Waals surface area contributed by atoms with Crippen LogP contribution in [0.25, 0.3) is 0 Å². The van der Waals surface area contributed by atoms with E-state index < -0.39 is 0 Å². The molecule has 0 aliphatic rings. The van der Waals surface area contributed by atoms with Crippen LogP contribution in [0.2, 0.25) is 15.1 Å². The molecule has 0 amide bonds. The normalized spacial score (nSPS) is 12.9. The quantitative estimate of drug-likeness (QED) is 0.605. The van der Waals surface area contributed by atoms with Gasteiger partial charge in [-0.1, -0.05) is 48.7 Å². The Morgan fingerprint density at radius 3 is 2.47 bits per heavy atom. The Morgan fingerprint density at radius 2 is 1.93 bits per heavy atom. The van der Waals surface area contributed by atoms with Gasteiger partial charge in [0.15, 0.2) is 0 Å². The van der Waals surface area contributed by atoms with E-state index in [4.69, 9.17) is 34.8 Å². The summed E-state index contributed by atoms with van der Waals surface area (Å²) in [5.41, 5.74) is 0. The summed E-state index contributed by atoms with van der Waals surface area (Å²) in [6.07, 6.45) is 1.01. The van der Waals surface area contributed by atoms with Crippen molar-refractivity contribution in [2.75, 3.05) is 0 Å². The predicted octanol–water partition coefficient (Wildman–Crippen LogP) is 5.24. The number of rotatable bonds is 3. The lowest BCUT2D eigenvalue weighted by molar-refractivity contribution is 0.475. The minimum atomic E-state index is -0.0832. The molecule has 0 aliphatic heterocycles. The van der Waals surface area contributed by atoms with E-state index in [0.717, 1.165) is 11.3 Å². The largest absolute Gasteiger partial charge is 0.506 e. The van der Waals surface area contributed by atoms with Crippen LogP contribution in [-0.4, -0.2) is 10.4 Å². The molecule has 0 heterocycles. The number of benzene rings is 1. The van der Waals surface area contributed by atoms with E-state index in [0.29, 0.717) is 15.3 Å². The first-order chi connectivity index (χ1) is 6.97. The number of phenols is 1. The average molecular weight is 286 g/mol. The molecule has 1 atom stereocenters. The molecular weight excluding hydrogens is 275 g/mol. The Labute approximate surface area is 109 Å². The second kappa shape index (κ2) is 5.53. The molecule has 0 radical (unpaired) electrons. The Morgan fingerprint density at radius 1 is 1.33 bits per heavy atom. The third-order valence-electron chi connectivity index (χ3n) is 1.99. The second-order valence-corrected chi connectivity index (χ2v) is 5.78. The van der Waals surface area contributed by atoms with Crippen molar-refractivity contribution in [3.05, 3.63) is 21.1 Å². The standard InChI is InChI=1S/C10H11Cl3OS/c1-3-5(2)15-10-6(11)4-7(14)8(12)9(10)13/h4-5,14H,3H2,1-2H3. The van der Waals surface area contributed by atoms with Crippen LogP contribution < -0.4 is 0 Å². The molecule has 0 aromatic heterocycles. The molecule has 1 unspecified atom stereocenters. The Balaban J connectivity index is 3.12. The SMILES string of the molecule is CCC(C)Sc1c(Cl)cc(O)c(Cl)c1Cl. The maximum atomic E-state index is 9.39. The number of halogens is 3. The summed E-state index contributed by atoms with van der Waals surface area (Å²) in [5, 5.41) is 10.7. The van der Waals surface area contributed by atoms with Crippen molar-refractivity contribution in [1.82, 2.24) is 0 Å². The van der Waals surface area contributed by atoms with E-state index in [1.165, 1.54) is 6.07 Å². The number of thioether (sulfide) groups is 1. The fourth-order valence-electron chi connectivity index (χ4n) is 0.958. The van der Waals surface area contributed by atoms with Gasteiger partial charge < -0.3 is 5.11 Å². The Kier molecular flexibility index (Phi) is 4.91. The van der Waals surface area contributed by atoms with Gasteiger partial charge in [0.25, 0.3) is 0 Å². The topological polar surface area (TPSA) is 20.2 Å². The van der Waals surface area contributed by atoms with E-state index in [-0.39, 0.29) is 10.8 Å². The first-order valence-corrected chi connectivity index (χ1v) is 6.51. The van der Waals surface area contributed by atoms with Crippen molar-refractivity contribution in [1.29, 1.82) is 0 Å². The number of hydrogen-bond donors (Lipinski definition) is 1. The minimum absolute atomic E-state index is 0.0832. The smallest absolute Gasteiger partial charge is 0.137 e. The molecule has 0 spiro atoms. The molecule has 1 nitrogen and oxygen atoms in total. The molecule has 0 bridgehead atoms. The van der Waals surface area contributed by atoms with Crippen molar-refractivity contribution in [3.63, 3.8) is 0 Å². The van der Waals surface area contributed by atoms with Crippen LogP contribution in [0.4, 0.5) is 0 Å². The Hall–Kier alpha value is 0.240. The molecule has 1 rings (SSSR count). The highest BCUT2D eigenvalue weighted by Gasteiger charge is 2.16. The van der Waals surface area contributed by atoms with Crippen molar-refractivity contribution < 1.29 is 5.11 Å². The number of hydrogen-bond acceptors (Lipinski definition) is 2. The molecule has 0 saturated carbocycles. The van der Waals surface area contributed by atoms with Crippen LogP contribution in [-0.2, 0) is 0 Å². The molecule has 5 heteroatoms. The van der Waals surface area contributed by atoms with Gasteiger partial charge in [-0.25, -0.2) is 0 Å². The number of aromatic hydroxyl groups is 1. The van der Waals surface area contributed by atoms with Crippen molar-refractivity contribution in [2.45, 2.75) is 30.4 Å².